The summed E-state index contributed by atoms with van der Waals surface area (Å²) < 4.78 is 7.24. The van der Waals surface area contributed by atoms with Crippen LogP contribution in [-0.4, -0.2) is 28.2 Å². The number of aromatic nitrogens is 1. The van der Waals surface area contributed by atoms with Gasteiger partial charge in [0.25, 0.3) is 5.91 Å². The summed E-state index contributed by atoms with van der Waals surface area (Å²) in [6.07, 6.45) is 4.18. The zero-order valence-corrected chi connectivity index (χ0v) is 12.7. The number of nitrogens with zero attached hydrogens (tertiary/aromatic N) is 2. The van der Waals surface area contributed by atoms with Gasteiger partial charge >= 0.3 is 0 Å². The van der Waals surface area contributed by atoms with Gasteiger partial charge in [-0.2, -0.15) is 5.26 Å². The Labute approximate surface area is 129 Å². The SMILES string of the molecule is CCC(O)CCNC(=O)c1c(C)oc(-n2cccc2)c1C#N. The maximum Gasteiger partial charge on any atom is 0.256 e. The van der Waals surface area contributed by atoms with Gasteiger partial charge in [0.2, 0.25) is 5.88 Å². The summed E-state index contributed by atoms with van der Waals surface area (Å²) in [6.45, 7) is 3.88. The Bertz CT molecular complexity index is 680. The van der Waals surface area contributed by atoms with E-state index in [1.807, 2.05) is 25.1 Å². The van der Waals surface area contributed by atoms with Crippen LogP contribution >= 0.6 is 0 Å². The van der Waals surface area contributed by atoms with Gasteiger partial charge in [-0.05, 0) is 31.9 Å². The maximum atomic E-state index is 12.3. The van der Waals surface area contributed by atoms with Crippen LogP contribution in [0, 0.1) is 18.3 Å². The first kappa shape index (κ1) is 15.9. The number of aryl methyl sites for hydroxylation is 1. The number of nitrogens with one attached hydrogen (secondary N) is 1. The largest absolute Gasteiger partial charge is 0.443 e. The molecule has 1 amide bonds. The van der Waals surface area contributed by atoms with Crippen molar-refractivity contribution in [1.82, 2.24) is 9.88 Å². The molecule has 2 aromatic heterocycles. The van der Waals surface area contributed by atoms with E-state index >= 15 is 0 Å². The van der Waals surface area contributed by atoms with Gasteiger partial charge < -0.3 is 14.8 Å². The van der Waals surface area contributed by atoms with Gasteiger partial charge in [-0.25, -0.2) is 0 Å². The van der Waals surface area contributed by atoms with Crippen molar-refractivity contribution in [3.05, 3.63) is 41.4 Å². The molecule has 2 aromatic rings. The molecular weight excluding hydrogens is 282 g/mol. The van der Waals surface area contributed by atoms with Crippen molar-refractivity contribution in [2.45, 2.75) is 32.8 Å². The highest BCUT2D eigenvalue weighted by molar-refractivity contribution is 5.98. The van der Waals surface area contributed by atoms with E-state index in [1.165, 1.54) is 0 Å². The predicted octanol–water partition coefficient (Wildman–Crippen LogP) is 2.14. The van der Waals surface area contributed by atoms with Gasteiger partial charge in [0.1, 0.15) is 23.0 Å². The maximum absolute atomic E-state index is 12.3. The average Bonchev–Trinajstić information content (AvgIpc) is 3.13. The summed E-state index contributed by atoms with van der Waals surface area (Å²) in [5.41, 5.74) is 0.458. The second-order valence-electron chi connectivity index (χ2n) is 5.02. The Hall–Kier alpha value is -2.52. The summed E-state index contributed by atoms with van der Waals surface area (Å²) in [4.78, 5) is 12.3. The molecule has 1 unspecified atom stereocenters. The van der Waals surface area contributed by atoms with E-state index in [0.717, 1.165) is 0 Å². The lowest BCUT2D eigenvalue weighted by molar-refractivity contribution is 0.0940. The number of aliphatic hydroxyl groups excluding tert-OH is 1. The van der Waals surface area contributed by atoms with Crippen molar-refractivity contribution in [3.63, 3.8) is 0 Å². The molecule has 6 heteroatoms. The molecule has 0 saturated heterocycles. The third-order valence-electron chi connectivity index (χ3n) is 3.48. The third-order valence-corrected chi connectivity index (χ3v) is 3.48. The molecule has 0 bridgehead atoms. The van der Waals surface area contributed by atoms with Gasteiger partial charge in [-0.3, -0.25) is 9.36 Å². The van der Waals surface area contributed by atoms with Crippen LogP contribution in [0.4, 0.5) is 0 Å². The lowest BCUT2D eigenvalue weighted by Crippen LogP contribution is -2.27. The van der Waals surface area contributed by atoms with Crippen LogP contribution in [0.2, 0.25) is 0 Å². The molecule has 0 aliphatic heterocycles. The molecular formula is C16H19N3O3. The summed E-state index contributed by atoms with van der Waals surface area (Å²) in [6, 6.07) is 5.66. The lowest BCUT2D eigenvalue weighted by Gasteiger charge is -2.08. The number of hydrogen-bond donors (Lipinski definition) is 2. The molecule has 116 valence electrons. The minimum atomic E-state index is -0.434. The highest BCUT2D eigenvalue weighted by Gasteiger charge is 2.24. The summed E-state index contributed by atoms with van der Waals surface area (Å²) in [5, 5.41) is 21.6. The van der Waals surface area contributed by atoms with Crippen molar-refractivity contribution in [2.75, 3.05) is 6.54 Å². The van der Waals surface area contributed by atoms with Gasteiger partial charge in [0.15, 0.2) is 0 Å². The van der Waals surface area contributed by atoms with Crippen LogP contribution in [0.25, 0.3) is 5.88 Å². The molecule has 2 N–H and O–H groups in total. The Morgan fingerprint density at radius 3 is 2.77 bits per heavy atom. The highest BCUT2D eigenvalue weighted by atomic mass is 16.4. The van der Waals surface area contributed by atoms with Gasteiger partial charge in [-0.1, -0.05) is 6.92 Å². The number of hydrogen-bond acceptors (Lipinski definition) is 4. The number of carbonyl (C=O) groups is 1. The van der Waals surface area contributed by atoms with Crippen LogP contribution in [0.1, 0.15) is 41.4 Å². The second kappa shape index (κ2) is 6.96. The average molecular weight is 301 g/mol. The number of nitriles is 1. The van der Waals surface area contributed by atoms with Crippen molar-refractivity contribution in [1.29, 1.82) is 5.26 Å². The molecule has 2 heterocycles. The minimum absolute atomic E-state index is 0.210. The fourth-order valence-corrected chi connectivity index (χ4v) is 2.20. The molecule has 0 saturated carbocycles. The molecule has 22 heavy (non-hydrogen) atoms. The molecule has 0 fully saturated rings. The van der Waals surface area contributed by atoms with E-state index in [-0.39, 0.29) is 17.0 Å². The normalized spacial score (nSPS) is 11.9. The molecule has 0 aliphatic rings. The molecule has 1 atom stereocenters. The van der Waals surface area contributed by atoms with Crippen molar-refractivity contribution >= 4 is 5.91 Å². The first-order valence-electron chi connectivity index (χ1n) is 7.21. The van der Waals surface area contributed by atoms with Gasteiger partial charge in [0, 0.05) is 18.9 Å². The minimum Gasteiger partial charge on any atom is -0.443 e. The summed E-state index contributed by atoms with van der Waals surface area (Å²) in [7, 11) is 0. The van der Waals surface area contributed by atoms with Gasteiger partial charge in [-0.15, -0.1) is 0 Å². The van der Waals surface area contributed by atoms with E-state index in [2.05, 4.69) is 5.32 Å². The summed E-state index contributed by atoms with van der Waals surface area (Å²) >= 11 is 0. The second-order valence-corrected chi connectivity index (χ2v) is 5.02. The Morgan fingerprint density at radius 2 is 2.18 bits per heavy atom. The van der Waals surface area contributed by atoms with E-state index in [0.29, 0.717) is 31.0 Å². The topological polar surface area (TPSA) is 91.2 Å². The van der Waals surface area contributed by atoms with Crippen LogP contribution < -0.4 is 5.32 Å². The highest BCUT2D eigenvalue weighted by Crippen LogP contribution is 2.25. The first-order chi connectivity index (χ1) is 10.6. The molecule has 2 rings (SSSR count). The predicted molar refractivity (Wildman–Crippen MR) is 80.7 cm³/mol. The zero-order chi connectivity index (χ0) is 16.1. The van der Waals surface area contributed by atoms with E-state index in [4.69, 9.17) is 4.42 Å². The van der Waals surface area contributed by atoms with Crippen LogP contribution in [0.5, 0.6) is 0 Å². The van der Waals surface area contributed by atoms with Crippen molar-refractivity contribution in [3.8, 4) is 12.0 Å². The van der Waals surface area contributed by atoms with E-state index in [9.17, 15) is 15.2 Å². The number of carbonyl (C=O) groups excluding carboxylic acids is 1. The monoisotopic (exact) mass is 301 g/mol. The summed E-state index contributed by atoms with van der Waals surface area (Å²) in [5.74, 6) is 0.372. The van der Waals surface area contributed by atoms with Crippen LogP contribution in [-0.2, 0) is 0 Å². The van der Waals surface area contributed by atoms with Gasteiger partial charge in [0.05, 0.1) is 6.10 Å². The molecule has 0 aromatic carbocycles. The van der Waals surface area contributed by atoms with Crippen molar-refractivity contribution < 1.29 is 14.3 Å². The number of amides is 1. The molecule has 0 radical (unpaired) electrons. The molecule has 0 spiro atoms. The Kier molecular flexibility index (Phi) is 5.02. The standard InChI is InChI=1S/C16H19N3O3/c1-3-12(20)6-7-18-15(21)14-11(2)22-16(13(14)10-17)19-8-4-5-9-19/h4-5,8-9,12,20H,3,6-7H2,1-2H3,(H,18,21). The number of aliphatic hydroxyl groups is 1. The van der Waals surface area contributed by atoms with Crippen LogP contribution in [0.15, 0.2) is 28.9 Å². The Morgan fingerprint density at radius 1 is 1.50 bits per heavy atom. The van der Waals surface area contributed by atoms with Crippen LogP contribution in [0.3, 0.4) is 0 Å². The molecule has 0 aliphatic carbocycles. The molecule has 6 nitrogen and oxygen atoms in total. The first-order valence-corrected chi connectivity index (χ1v) is 7.21. The fraction of sp³-hybridized carbons (Fsp3) is 0.375. The smallest absolute Gasteiger partial charge is 0.256 e. The number of furan rings is 1. The lowest BCUT2D eigenvalue weighted by atomic mass is 10.1. The zero-order valence-electron chi connectivity index (χ0n) is 12.7. The van der Waals surface area contributed by atoms with E-state index < -0.39 is 6.10 Å². The van der Waals surface area contributed by atoms with E-state index in [1.54, 1.807) is 23.9 Å². The quantitative estimate of drug-likeness (QED) is 0.855. The number of rotatable bonds is 6. The third kappa shape index (κ3) is 3.21. The van der Waals surface area contributed by atoms with Crippen molar-refractivity contribution in [2.24, 2.45) is 0 Å². The fourth-order valence-electron chi connectivity index (χ4n) is 2.20. The Balaban J connectivity index is 2.21.